The van der Waals surface area contributed by atoms with Crippen molar-refractivity contribution in [3.8, 4) is 0 Å². The monoisotopic (exact) mass is 282 g/mol. The van der Waals surface area contributed by atoms with Gasteiger partial charge in [-0.3, -0.25) is 14.6 Å². The van der Waals surface area contributed by atoms with E-state index in [0.29, 0.717) is 13.2 Å². The molecular weight excluding hydrogens is 260 g/mol. The fourth-order valence-corrected chi connectivity index (χ4v) is 1.36. The van der Waals surface area contributed by atoms with Gasteiger partial charge in [0.2, 0.25) is 5.91 Å². The smallest absolute Gasteiger partial charge is 0.300 e. The third-order valence-corrected chi connectivity index (χ3v) is 2.27. The van der Waals surface area contributed by atoms with Gasteiger partial charge in [0.25, 0.3) is 5.97 Å². The summed E-state index contributed by atoms with van der Waals surface area (Å²) in [4.78, 5) is 24.7. The number of hydrogen-bond acceptors (Lipinski definition) is 4. The Hall–Kier alpha value is -1.95. The molecule has 0 saturated heterocycles. The lowest BCUT2D eigenvalue weighted by Gasteiger charge is -2.10. The first kappa shape index (κ1) is 18.0. The Morgan fingerprint density at radius 3 is 2.60 bits per heavy atom. The highest BCUT2D eigenvalue weighted by Gasteiger charge is 2.11. The minimum absolute atomic E-state index is 0.0257. The molecule has 1 atom stereocenters. The van der Waals surface area contributed by atoms with Crippen LogP contribution in [0.4, 0.5) is 0 Å². The van der Waals surface area contributed by atoms with Gasteiger partial charge in [0.1, 0.15) is 0 Å². The maximum atomic E-state index is 11.5. The lowest BCUT2D eigenvalue weighted by molar-refractivity contribution is -0.134. The number of aromatic nitrogens is 1. The molecule has 2 N–H and O–H groups in total. The molecule has 1 unspecified atom stereocenters. The molecule has 0 radical (unpaired) electrons. The fourth-order valence-electron chi connectivity index (χ4n) is 1.36. The molecule has 0 fully saturated rings. The second kappa shape index (κ2) is 10.9. The summed E-state index contributed by atoms with van der Waals surface area (Å²) >= 11 is 0. The summed E-state index contributed by atoms with van der Waals surface area (Å²) in [6, 6.07) is 5.77. The third-order valence-electron chi connectivity index (χ3n) is 2.27. The van der Waals surface area contributed by atoms with E-state index in [0.717, 1.165) is 19.0 Å². The summed E-state index contributed by atoms with van der Waals surface area (Å²) in [5.41, 5.74) is 0.988. The molecule has 0 spiro atoms. The lowest BCUT2D eigenvalue weighted by Crippen LogP contribution is -2.32. The van der Waals surface area contributed by atoms with Crippen molar-refractivity contribution in [3.63, 3.8) is 0 Å². The Balaban J connectivity index is 0.000000796. The van der Waals surface area contributed by atoms with Crippen LogP contribution in [-0.4, -0.2) is 42.2 Å². The maximum Gasteiger partial charge on any atom is 0.300 e. The SMILES string of the molecule is CC(=O)O.COCC(C)C(=O)NCCc1ccccn1. The van der Waals surface area contributed by atoms with E-state index in [2.05, 4.69) is 10.3 Å². The molecule has 20 heavy (non-hydrogen) atoms. The second-order valence-electron chi connectivity index (χ2n) is 4.24. The molecule has 0 aliphatic carbocycles. The van der Waals surface area contributed by atoms with Gasteiger partial charge < -0.3 is 15.2 Å². The Bertz CT molecular complexity index is 391. The number of hydrogen-bond donors (Lipinski definition) is 2. The van der Waals surface area contributed by atoms with E-state index in [1.807, 2.05) is 25.1 Å². The van der Waals surface area contributed by atoms with Crippen LogP contribution in [0.25, 0.3) is 0 Å². The molecule has 1 aromatic rings. The number of rotatable bonds is 6. The first-order valence-electron chi connectivity index (χ1n) is 6.33. The molecule has 1 rings (SSSR count). The predicted molar refractivity (Wildman–Crippen MR) is 75.3 cm³/mol. The summed E-state index contributed by atoms with van der Waals surface area (Å²) in [7, 11) is 1.59. The summed E-state index contributed by atoms with van der Waals surface area (Å²) in [5, 5.41) is 10.3. The highest BCUT2D eigenvalue weighted by molar-refractivity contribution is 5.78. The van der Waals surface area contributed by atoms with Crippen LogP contribution in [0.15, 0.2) is 24.4 Å². The van der Waals surface area contributed by atoms with E-state index < -0.39 is 5.97 Å². The van der Waals surface area contributed by atoms with Crippen molar-refractivity contribution in [2.75, 3.05) is 20.3 Å². The van der Waals surface area contributed by atoms with E-state index >= 15 is 0 Å². The van der Waals surface area contributed by atoms with Crippen LogP contribution in [0.3, 0.4) is 0 Å². The number of methoxy groups -OCH3 is 1. The summed E-state index contributed by atoms with van der Waals surface area (Å²) in [5.74, 6) is -0.911. The molecule has 0 aliphatic rings. The van der Waals surface area contributed by atoms with Gasteiger partial charge in [0, 0.05) is 38.9 Å². The molecular formula is C14H22N2O4. The van der Waals surface area contributed by atoms with Crippen LogP contribution in [0.2, 0.25) is 0 Å². The minimum Gasteiger partial charge on any atom is -0.481 e. The Labute approximate surface area is 119 Å². The molecule has 1 amide bonds. The van der Waals surface area contributed by atoms with Crippen molar-refractivity contribution in [2.45, 2.75) is 20.3 Å². The molecule has 0 aromatic carbocycles. The summed E-state index contributed by atoms with van der Waals surface area (Å²) in [6.45, 7) is 4.00. The molecule has 0 saturated carbocycles. The molecule has 1 aromatic heterocycles. The van der Waals surface area contributed by atoms with E-state index in [1.54, 1.807) is 13.3 Å². The highest BCUT2D eigenvalue weighted by atomic mass is 16.5. The molecule has 0 bridgehead atoms. The van der Waals surface area contributed by atoms with E-state index in [1.165, 1.54) is 0 Å². The van der Waals surface area contributed by atoms with Crippen molar-refractivity contribution < 1.29 is 19.4 Å². The standard InChI is InChI=1S/C12H18N2O2.C2H4O2/c1-10(9-16-2)12(15)14-8-6-11-5-3-4-7-13-11;1-2(3)4/h3-5,7,10H,6,8-9H2,1-2H3,(H,14,15);1H3,(H,3,4). The van der Waals surface area contributed by atoms with Crippen LogP contribution >= 0.6 is 0 Å². The van der Waals surface area contributed by atoms with E-state index in [4.69, 9.17) is 14.6 Å². The van der Waals surface area contributed by atoms with Crippen LogP contribution in [0.1, 0.15) is 19.5 Å². The Morgan fingerprint density at radius 1 is 1.45 bits per heavy atom. The van der Waals surface area contributed by atoms with Gasteiger partial charge in [-0.05, 0) is 12.1 Å². The van der Waals surface area contributed by atoms with Crippen molar-refractivity contribution in [2.24, 2.45) is 5.92 Å². The van der Waals surface area contributed by atoms with Crippen molar-refractivity contribution in [1.29, 1.82) is 0 Å². The van der Waals surface area contributed by atoms with Crippen molar-refractivity contribution in [1.82, 2.24) is 10.3 Å². The quantitative estimate of drug-likeness (QED) is 0.816. The van der Waals surface area contributed by atoms with Crippen molar-refractivity contribution >= 4 is 11.9 Å². The number of carbonyl (C=O) groups excluding carboxylic acids is 1. The van der Waals surface area contributed by atoms with Crippen LogP contribution in [0, 0.1) is 5.92 Å². The number of amides is 1. The summed E-state index contributed by atoms with van der Waals surface area (Å²) in [6.07, 6.45) is 2.51. The average molecular weight is 282 g/mol. The first-order chi connectivity index (χ1) is 9.47. The number of aliphatic carboxylic acids is 1. The normalized spacial score (nSPS) is 10.9. The Morgan fingerprint density at radius 2 is 2.10 bits per heavy atom. The van der Waals surface area contributed by atoms with E-state index in [9.17, 15) is 4.79 Å². The molecule has 6 heteroatoms. The van der Waals surface area contributed by atoms with Crippen LogP contribution in [-0.2, 0) is 20.7 Å². The molecule has 112 valence electrons. The van der Waals surface area contributed by atoms with Gasteiger partial charge in [-0.1, -0.05) is 13.0 Å². The zero-order valence-electron chi connectivity index (χ0n) is 12.1. The number of nitrogens with one attached hydrogen (secondary N) is 1. The average Bonchev–Trinajstić information content (AvgIpc) is 2.39. The topological polar surface area (TPSA) is 88.5 Å². The van der Waals surface area contributed by atoms with Gasteiger partial charge in [-0.25, -0.2) is 0 Å². The molecule has 1 heterocycles. The third kappa shape index (κ3) is 10.0. The van der Waals surface area contributed by atoms with Crippen molar-refractivity contribution in [3.05, 3.63) is 30.1 Å². The zero-order chi connectivity index (χ0) is 15.4. The molecule has 0 aliphatic heterocycles. The highest BCUT2D eigenvalue weighted by Crippen LogP contribution is 1.96. The number of pyridine rings is 1. The maximum absolute atomic E-state index is 11.5. The number of ether oxygens (including phenoxy) is 1. The van der Waals surface area contributed by atoms with Gasteiger partial charge in [0.15, 0.2) is 0 Å². The van der Waals surface area contributed by atoms with E-state index in [-0.39, 0.29) is 11.8 Å². The second-order valence-corrected chi connectivity index (χ2v) is 4.24. The van der Waals surface area contributed by atoms with Gasteiger partial charge >= 0.3 is 0 Å². The van der Waals surface area contributed by atoms with Crippen LogP contribution in [0.5, 0.6) is 0 Å². The largest absolute Gasteiger partial charge is 0.481 e. The fraction of sp³-hybridized carbons (Fsp3) is 0.500. The lowest BCUT2D eigenvalue weighted by atomic mass is 10.2. The van der Waals surface area contributed by atoms with Crippen LogP contribution < -0.4 is 5.32 Å². The van der Waals surface area contributed by atoms with Gasteiger partial charge in [-0.2, -0.15) is 0 Å². The van der Waals surface area contributed by atoms with Gasteiger partial charge in [0.05, 0.1) is 12.5 Å². The van der Waals surface area contributed by atoms with Gasteiger partial charge in [-0.15, -0.1) is 0 Å². The predicted octanol–water partition coefficient (Wildman–Crippen LogP) is 1.11. The zero-order valence-corrected chi connectivity index (χ0v) is 12.1. The number of nitrogens with zero attached hydrogens (tertiary/aromatic N) is 1. The number of carbonyl (C=O) groups is 2. The first-order valence-corrected chi connectivity index (χ1v) is 6.33. The minimum atomic E-state index is -0.833. The number of carboxylic acids is 1. The molecule has 6 nitrogen and oxygen atoms in total. The number of carboxylic acid groups (broad SMARTS) is 1. The summed E-state index contributed by atoms with van der Waals surface area (Å²) < 4.78 is 4.92. The Kier molecular flexibility index (Phi) is 9.86.